The van der Waals surface area contributed by atoms with E-state index in [1.807, 2.05) is 26.0 Å². The molecule has 36 heavy (non-hydrogen) atoms. The highest BCUT2D eigenvalue weighted by Crippen LogP contribution is 2.38. The van der Waals surface area contributed by atoms with Crippen molar-refractivity contribution in [2.75, 3.05) is 26.6 Å². The summed E-state index contributed by atoms with van der Waals surface area (Å²) in [5.74, 6) is 0.839. The maximum absolute atomic E-state index is 12.8. The number of methoxy groups -OCH3 is 3. The molecule has 0 bridgehead atoms. The first-order valence-corrected chi connectivity index (χ1v) is 11.3. The summed E-state index contributed by atoms with van der Waals surface area (Å²) in [5, 5.41) is 16.0. The third-order valence-electron chi connectivity index (χ3n) is 5.64. The summed E-state index contributed by atoms with van der Waals surface area (Å²) in [4.78, 5) is 17.3. The van der Waals surface area contributed by atoms with Crippen molar-refractivity contribution in [3.05, 3.63) is 59.2 Å². The van der Waals surface area contributed by atoms with Gasteiger partial charge in [0.05, 0.1) is 26.9 Å². The average Bonchev–Trinajstić information content (AvgIpc) is 3.26. The zero-order valence-electron chi connectivity index (χ0n) is 20.4. The van der Waals surface area contributed by atoms with E-state index in [-0.39, 0.29) is 22.3 Å². The molecular formula is C26H25N3O6S. The van der Waals surface area contributed by atoms with Crippen LogP contribution in [0.3, 0.4) is 0 Å². The summed E-state index contributed by atoms with van der Waals surface area (Å²) in [5.41, 5.74) is 4.65. The molecular weight excluding hydrogens is 482 g/mol. The Morgan fingerprint density at radius 2 is 1.64 bits per heavy atom. The highest BCUT2D eigenvalue weighted by Gasteiger charge is 2.18. The van der Waals surface area contributed by atoms with Crippen molar-refractivity contribution in [3.63, 3.8) is 0 Å². The van der Waals surface area contributed by atoms with E-state index in [4.69, 9.17) is 30.8 Å². The average molecular weight is 508 g/mol. The Morgan fingerprint density at radius 1 is 0.972 bits per heavy atom. The third kappa shape index (κ3) is 4.89. The fourth-order valence-electron chi connectivity index (χ4n) is 3.63. The molecule has 1 aromatic heterocycles. The summed E-state index contributed by atoms with van der Waals surface area (Å²) in [7, 11) is 4.41. The number of rotatable bonds is 6. The Bertz CT molecular complexity index is 1420. The number of ether oxygens (including phenoxy) is 3. The highest BCUT2D eigenvalue weighted by atomic mass is 32.1. The smallest absolute Gasteiger partial charge is 0.257 e. The second-order valence-electron chi connectivity index (χ2n) is 7.98. The number of benzene rings is 3. The van der Waals surface area contributed by atoms with Crippen molar-refractivity contribution >= 4 is 40.0 Å². The molecule has 0 saturated carbocycles. The highest BCUT2D eigenvalue weighted by molar-refractivity contribution is 7.80. The van der Waals surface area contributed by atoms with E-state index in [1.165, 1.54) is 39.5 Å². The summed E-state index contributed by atoms with van der Waals surface area (Å²) in [6, 6.07) is 11.6. The Labute approximate surface area is 213 Å². The number of nitrogens with zero attached hydrogens (tertiary/aromatic N) is 1. The van der Waals surface area contributed by atoms with Gasteiger partial charge in [0.15, 0.2) is 22.2 Å². The maximum Gasteiger partial charge on any atom is 0.257 e. The first kappa shape index (κ1) is 24.8. The van der Waals surface area contributed by atoms with E-state index in [0.29, 0.717) is 39.6 Å². The van der Waals surface area contributed by atoms with Crippen LogP contribution in [0.4, 0.5) is 5.69 Å². The minimum absolute atomic E-state index is 0.00655. The number of oxazole rings is 1. The number of fused-ring (bicyclic) bond motifs is 1. The van der Waals surface area contributed by atoms with Gasteiger partial charge in [-0.2, -0.15) is 0 Å². The number of amides is 1. The van der Waals surface area contributed by atoms with Crippen LogP contribution in [0.1, 0.15) is 21.5 Å². The van der Waals surface area contributed by atoms with E-state index in [0.717, 1.165) is 11.1 Å². The molecule has 3 N–H and O–H groups in total. The van der Waals surface area contributed by atoms with E-state index in [9.17, 15) is 9.90 Å². The Hall–Kier alpha value is -4.31. The number of hydrogen-bond acceptors (Lipinski definition) is 8. The molecule has 186 valence electrons. The summed E-state index contributed by atoms with van der Waals surface area (Å²) < 4.78 is 21.8. The minimum atomic E-state index is -0.476. The number of aromatic hydroxyl groups is 1. The van der Waals surface area contributed by atoms with Gasteiger partial charge in [0.1, 0.15) is 11.3 Å². The van der Waals surface area contributed by atoms with Crippen LogP contribution in [-0.2, 0) is 0 Å². The molecule has 0 aliphatic carbocycles. The number of carbonyl (C=O) groups is 1. The lowest BCUT2D eigenvalue weighted by Gasteiger charge is -2.15. The number of phenols is 1. The van der Waals surface area contributed by atoms with Gasteiger partial charge in [-0.1, -0.05) is 0 Å². The summed E-state index contributed by atoms with van der Waals surface area (Å²) in [6.45, 7) is 3.99. The second kappa shape index (κ2) is 10.1. The van der Waals surface area contributed by atoms with Crippen molar-refractivity contribution in [2.45, 2.75) is 13.8 Å². The molecule has 3 aromatic carbocycles. The Kier molecular flexibility index (Phi) is 6.98. The summed E-state index contributed by atoms with van der Waals surface area (Å²) in [6.07, 6.45) is 0. The second-order valence-corrected chi connectivity index (χ2v) is 8.39. The standard InChI is InChI=1S/C26H25N3O6S/c1-13-8-18-20(9-14(13)2)35-25(28-18)17-12-16(6-7-19(17)30)27-26(36)29-24(31)15-10-21(32-3)23(34-5)22(11-15)33-4/h6-12,30H,1-5H3,(H2,27,29,31,36). The number of hydrogen-bond donors (Lipinski definition) is 3. The lowest BCUT2D eigenvalue weighted by atomic mass is 10.1. The molecule has 0 aliphatic heterocycles. The van der Waals surface area contributed by atoms with E-state index in [1.54, 1.807) is 12.1 Å². The molecule has 1 amide bonds. The van der Waals surface area contributed by atoms with Gasteiger partial charge >= 0.3 is 0 Å². The van der Waals surface area contributed by atoms with Gasteiger partial charge in [-0.05, 0) is 79.7 Å². The minimum Gasteiger partial charge on any atom is -0.507 e. The predicted octanol–water partition coefficient (Wildman–Crippen LogP) is 4.97. The number of phenolic OH excluding ortho intramolecular Hbond substituents is 1. The third-order valence-corrected chi connectivity index (χ3v) is 5.85. The Balaban J connectivity index is 1.54. The van der Waals surface area contributed by atoms with Gasteiger partial charge in [-0.3, -0.25) is 10.1 Å². The van der Waals surface area contributed by atoms with Crippen LogP contribution in [0.25, 0.3) is 22.6 Å². The van der Waals surface area contributed by atoms with Gasteiger partial charge < -0.3 is 29.1 Å². The van der Waals surface area contributed by atoms with E-state index < -0.39 is 5.91 Å². The van der Waals surface area contributed by atoms with Gasteiger partial charge in [0.25, 0.3) is 5.91 Å². The number of carbonyl (C=O) groups excluding carboxylic acids is 1. The maximum atomic E-state index is 12.8. The van der Waals surface area contributed by atoms with Crippen LogP contribution < -0.4 is 24.8 Å². The quantitative estimate of drug-likeness (QED) is 0.246. The van der Waals surface area contributed by atoms with Crippen molar-refractivity contribution in [1.82, 2.24) is 10.3 Å². The van der Waals surface area contributed by atoms with Crippen molar-refractivity contribution in [1.29, 1.82) is 0 Å². The Morgan fingerprint density at radius 3 is 2.28 bits per heavy atom. The monoisotopic (exact) mass is 507 g/mol. The predicted molar refractivity (Wildman–Crippen MR) is 140 cm³/mol. The number of aromatic nitrogens is 1. The molecule has 10 heteroatoms. The first-order chi connectivity index (χ1) is 17.2. The van der Waals surface area contributed by atoms with Crippen molar-refractivity contribution < 1.29 is 28.5 Å². The zero-order chi connectivity index (χ0) is 26.0. The van der Waals surface area contributed by atoms with Gasteiger partial charge in [-0.15, -0.1) is 0 Å². The fraction of sp³-hybridized carbons (Fsp3) is 0.192. The number of thiocarbonyl (C=S) groups is 1. The molecule has 4 rings (SSSR count). The lowest BCUT2D eigenvalue weighted by molar-refractivity contribution is 0.0977. The van der Waals surface area contributed by atoms with Crippen LogP contribution >= 0.6 is 12.2 Å². The van der Waals surface area contributed by atoms with Crippen LogP contribution in [0, 0.1) is 13.8 Å². The van der Waals surface area contributed by atoms with Crippen LogP contribution in [0.5, 0.6) is 23.0 Å². The molecule has 0 aliphatic rings. The van der Waals surface area contributed by atoms with Crippen LogP contribution in [0.2, 0.25) is 0 Å². The number of aryl methyl sites for hydroxylation is 2. The van der Waals surface area contributed by atoms with Gasteiger partial charge in [0.2, 0.25) is 11.6 Å². The molecule has 0 unspecified atom stereocenters. The van der Waals surface area contributed by atoms with Crippen molar-refractivity contribution in [3.8, 4) is 34.5 Å². The molecule has 0 saturated heterocycles. The van der Waals surface area contributed by atoms with Gasteiger partial charge in [0, 0.05) is 11.3 Å². The van der Waals surface area contributed by atoms with E-state index in [2.05, 4.69) is 15.6 Å². The normalized spacial score (nSPS) is 10.7. The lowest BCUT2D eigenvalue weighted by Crippen LogP contribution is -2.34. The number of anilines is 1. The molecule has 0 fully saturated rings. The molecule has 4 aromatic rings. The van der Waals surface area contributed by atoms with Crippen LogP contribution in [-0.4, -0.2) is 42.4 Å². The zero-order valence-corrected chi connectivity index (χ0v) is 21.2. The molecule has 9 nitrogen and oxygen atoms in total. The molecule has 1 heterocycles. The SMILES string of the molecule is COc1cc(C(=O)NC(=S)Nc2ccc(O)c(-c3nc4cc(C)c(C)cc4o3)c2)cc(OC)c1OC. The largest absolute Gasteiger partial charge is 0.507 e. The molecule has 0 radical (unpaired) electrons. The summed E-state index contributed by atoms with van der Waals surface area (Å²) >= 11 is 5.33. The van der Waals surface area contributed by atoms with E-state index >= 15 is 0 Å². The van der Waals surface area contributed by atoms with Gasteiger partial charge in [-0.25, -0.2) is 4.98 Å². The fourth-order valence-corrected chi connectivity index (χ4v) is 3.84. The molecule has 0 spiro atoms. The molecule has 0 atom stereocenters. The van der Waals surface area contributed by atoms with Crippen molar-refractivity contribution in [2.24, 2.45) is 0 Å². The first-order valence-electron chi connectivity index (χ1n) is 10.9. The van der Waals surface area contributed by atoms with Crippen LogP contribution in [0.15, 0.2) is 46.9 Å². The number of nitrogens with one attached hydrogen (secondary N) is 2. The topological polar surface area (TPSA) is 115 Å².